The van der Waals surface area contributed by atoms with Gasteiger partial charge in [0.1, 0.15) is 0 Å². The van der Waals surface area contributed by atoms with Gasteiger partial charge in [0.05, 0.1) is 11.1 Å². The Bertz CT molecular complexity index is 1030. The molecule has 3 aromatic rings. The standard InChI is InChI=1S/C23H25N3O2/c1-4-9-19-17(5-2)21(18-12-6-7-13-20(18)26-19)23(28)25-16-11-8-10-15(14-16)22(27)24-3/h6-8,10-14H,4-5,9H2,1-3H3,(H,24,27)(H,25,28). The predicted molar refractivity (Wildman–Crippen MR) is 113 cm³/mol. The van der Waals surface area contributed by atoms with Crippen LogP contribution < -0.4 is 10.6 Å². The van der Waals surface area contributed by atoms with Crippen LogP contribution in [0.15, 0.2) is 48.5 Å². The number of aryl methyl sites for hydroxylation is 1. The Morgan fingerprint density at radius 3 is 2.50 bits per heavy atom. The van der Waals surface area contributed by atoms with E-state index in [1.165, 1.54) is 0 Å². The number of benzene rings is 2. The van der Waals surface area contributed by atoms with Crippen molar-refractivity contribution in [3.63, 3.8) is 0 Å². The van der Waals surface area contributed by atoms with Crippen molar-refractivity contribution in [3.8, 4) is 0 Å². The zero-order chi connectivity index (χ0) is 20.1. The van der Waals surface area contributed by atoms with Gasteiger partial charge in [0, 0.05) is 29.4 Å². The Labute approximate surface area is 165 Å². The molecule has 2 N–H and O–H groups in total. The summed E-state index contributed by atoms with van der Waals surface area (Å²) in [5.74, 6) is -0.369. The lowest BCUT2D eigenvalue weighted by atomic mass is 9.96. The summed E-state index contributed by atoms with van der Waals surface area (Å²) in [7, 11) is 1.58. The summed E-state index contributed by atoms with van der Waals surface area (Å²) < 4.78 is 0. The van der Waals surface area contributed by atoms with Gasteiger partial charge in [-0.1, -0.05) is 44.5 Å². The molecule has 0 aliphatic rings. The molecule has 0 bridgehead atoms. The van der Waals surface area contributed by atoms with Crippen LogP contribution in [0.1, 0.15) is 52.2 Å². The lowest BCUT2D eigenvalue weighted by Gasteiger charge is -2.16. The molecule has 0 saturated carbocycles. The van der Waals surface area contributed by atoms with E-state index in [2.05, 4.69) is 17.6 Å². The molecule has 5 heteroatoms. The third-order valence-electron chi connectivity index (χ3n) is 4.76. The Kier molecular flexibility index (Phi) is 6.04. The van der Waals surface area contributed by atoms with Crippen molar-refractivity contribution in [1.82, 2.24) is 10.3 Å². The molecule has 2 aromatic carbocycles. The molecule has 0 spiro atoms. The van der Waals surface area contributed by atoms with E-state index in [1.54, 1.807) is 31.3 Å². The number of pyridine rings is 1. The van der Waals surface area contributed by atoms with E-state index in [1.807, 2.05) is 31.2 Å². The van der Waals surface area contributed by atoms with Crippen LogP contribution in [-0.2, 0) is 12.8 Å². The monoisotopic (exact) mass is 375 g/mol. The lowest BCUT2D eigenvalue weighted by molar-refractivity contribution is 0.0961. The van der Waals surface area contributed by atoms with E-state index in [0.29, 0.717) is 16.8 Å². The highest BCUT2D eigenvalue weighted by Crippen LogP contribution is 2.26. The van der Waals surface area contributed by atoms with E-state index in [4.69, 9.17) is 4.98 Å². The molecule has 0 fully saturated rings. The summed E-state index contributed by atoms with van der Waals surface area (Å²) >= 11 is 0. The number of nitrogens with one attached hydrogen (secondary N) is 2. The van der Waals surface area contributed by atoms with Crippen LogP contribution in [0.5, 0.6) is 0 Å². The van der Waals surface area contributed by atoms with Crippen molar-refractivity contribution in [3.05, 3.63) is 70.9 Å². The second-order valence-electron chi connectivity index (χ2n) is 6.65. The Balaban J connectivity index is 2.07. The highest BCUT2D eigenvalue weighted by molar-refractivity contribution is 6.14. The first-order valence-electron chi connectivity index (χ1n) is 9.63. The second-order valence-corrected chi connectivity index (χ2v) is 6.65. The van der Waals surface area contributed by atoms with E-state index < -0.39 is 0 Å². The van der Waals surface area contributed by atoms with Crippen LogP contribution in [0.3, 0.4) is 0 Å². The first-order valence-corrected chi connectivity index (χ1v) is 9.63. The molecule has 0 unspecified atom stereocenters. The van der Waals surface area contributed by atoms with E-state index in [-0.39, 0.29) is 11.8 Å². The van der Waals surface area contributed by atoms with Crippen molar-refractivity contribution >= 4 is 28.4 Å². The van der Waals surface area contributed by atoms with Gasteiger partial charge in [-0.15, -0.1) is 0 Å². The normalized spacial score (nSPS) is 10.7. The van der Waals surface area contributed by atoms with Gasteiger partial charge >= 0.3 is 0 Å². The maximum Gasteiger partial charge on any atom is 0.256 e. The SMILES string of the molecule is CCCc1nc2ccccc2c(C(=O)Nc2cccc(C(=O)NC)c2)c1CC. The van der Waals surface area contributed by atoms with Crippen LogP contribution in [0, 0.1) is 0 Å². The lowest BCUT2D eigenvalue weighted by Crippen LogP contribution is -2.19. The zero-order valence-corrected chi connectivity index (χ0v) is 16.5. The van der Waals surface area contributed by atoms with Gasteiger partial charge in [-0.2, -0.15) is 0 Å². The van der Waals surface area contributed by atoms with E-state index in [9.17, 15) is 9.59 Å². The van der Waals surface area contributed by atoms with Gasteiger partial charge in [0.2, 0.25) is 0 Å². The first-order chi connectivity index (χ1) is 13.6. The van der Waals surface area contributed by atoms with Gasteiger partial charge in [-0.05, 0) is 42.7 Å². The second kappa shape index (κ2) is 8.65. The number of hydrogen-bond donors (Lipinski definition) is 2. The van der Waals surface area contributed by atoms with Gasteiger partial charge in [0.15, 0.2) is 0 Å². The number of rotatable bonds is 6. The molecule has 0 aliphatic heterocycles. The largest absolute Gasteiger partial charge is 0.355 e. The molecule has 144 valence electrons. The number of fused-ring (bicyclic) bond motifs is 1. The summed E-state index contributed by atoms with van der Waals surface area (Å²) in [6, 6.07) is 14.7. The molecular formula is C23H25N3O2. The van der Waals surface area contributed by atoms with Crippen molar-refractivity contribution in [2.75, 3.05) is 12.4 Å². The maximum atomic E-state index is 13.3. The van der Waals surface area contributed by atoms with Gasteiger partial charge in [-0.25, -0.2) is 0 Å². The number of amides is 2. The van der Waals surface area contributed by atoms with Crippen molar-refractivity contribution in [1.29, 1.82) is 0 Å². The molecule has 28 heavy (non-hydrogen) atoms. The summed E-state index contributed by atoms with van der Waals surface area (Å²) in [4.78, 5) is 30.0. The van der Waals surface area contributed by atoms with Gasteiger partial charge < -0.3 is 10.6 Å². The molecule has 0 radical (unpaired) electrons. The highest BCUT2D eigenvalue weighted by atomic mass is 16.2. The minimum Gasteiger partial charge on any atom is -0.355 e. The summed E-state index contributed by atoms with van der Waals surface area (Å²) in [5.41, 5.74) is 4.55. The third-order valence-corrected chi connectivity index (χ3v) is 4.76. The number of anilines is 1. The molecule has 5 nitrogen and oxygen atoms in total. The summed E-state index contributed by atoms with van der Waals surface area (Å²) in [6.45, 7) is 4.16. The molecule has 0 aliphatic carbocycles. The van der Waals surface area contributed by atoms with Crippen molar-refractivity contribution in [2.45, 2.75) is 33.1 Å². The fraction of sp³-hybridized carbons (Fsp3) is 0.261. The van der Waals surface area contributed by atoms with Gasteiger partial charge in [0.25, 0.3) is 11.8 Å². The average molecular weight is 375 g/mol. The molecule has 0 atom stereocenters. The van der Waals surface area contributed by atoms with E-state index >= 15 is 0 Å². The number of para-hydroxylation sites is 1. The third kappa shape index (κ3) is 3.88. The molecule has 0 saturated heterocycles. The van der Waals surface area contributed by atoms with Crippen LogP contribution in [0.25, 0.3) is 10.9 Å². The number of hydrogen-bond acceptors (Lipinski definition) is 3. The summed E-state index contributed by atoms with van der Waals surface area (Å²) in [5, 5.41) is 6.41. The minimum absolute atomic E-state index is 0.179. The number of nitrogens with zero attached hydrogens (tertiary/aromatic N) is 1. The highest BCUT2D eigenvalue weighted by Gasteiger charge is 2.19. The van der Waals surface area contributed by atoms with Crippen LogP contribution in [-0.4, -0.2) is 23.8 Å². The number of carbonyl (C=O) groups is 2. The summed E-state index contributed by atoms with van der Waals surface area (Å²) in [6.07, 6.45) is 2.53. The Morgan fingerprint density at radius 2 is 1.79 bits per heavy atom. The molecule has 3 rings (SSSR count). The van der Waals surface area contributed by atoms with Crippen LogP contribution in [0.4, 0.5) is 5.69 Å². The van der Waals surface area contributed by atoms with Crippen LogP contribution >= 0.6 is 0 Å². The first kappa shape index (κ1) is 19.5. The minimum atomic E-state index is -0.190. The van der Waals surface area contributed by atoms with E-state index in [0.717, 1.165) is 41.4 Å². The van der Waals surface area contributed by atoms with Crippen molar-refractivity contribution in [2.24, 2.45) is 0 Å². The number of aromatic nitrogens is 1. The fourth-order valence-corrected chi connectivity index (χ4v) is 3.46. The molecule has 1 heterocycles. The molecule has 1 aromatic heterocycles. The Hall–Kier alpha value is -3.21. The average Bonchev–Trinajstić information content (AvgIpc) is 2.72. The van der Waals surface area contributed by atoms with Crippen molar-refractivity contribution < 1.29 is 9.59 Å². The molecular weight excluding hydrogens is 350 g/mol. The zero-order valence-electron chi connectivity index (χ0n) is 16.5. The maximum absolute atomic E-state index is 13.3. The van der Waals surface area contributed by atoms with Crippen LogP contribution in [0.2, 0.25) is 0 Å². The topological polar surface area (TPSA) is 71.1 Å². The quantitative estimate of drug-likeness (QED) is 0.672. The smallest absolute Gasteiger partial charge is 0.256 e. The number of carbonyl (C=O) groups excluding carboxylic acids is 2. The predicted octanol–water partition coefficient (Wildman–Crippen LogP) is 4.36. The Morgan fingerprint density at radius 1 is 1.00 bits per heavy atom. The van der Waals surface area contributed by atoms with Gasteiger partial charge in [-0.3, -0.25) is 14.6 Å². The fourth-order valence-electron chi connectivity index (χ4n) is 3.46. The molecule has 2 amide bonds.